The molecule has 8 nitrogen and oxygen atoms in total. The van der Waals surface area contributed by atoms with Crippen LogP contribution in [0.3, 0.4) is 0 Å². The molecule has 0 saturated carbocycles. The lowest BCUT2D eigenvalue weighted by Gasteiger charge is -2.16. The molecule has 4 N–H and O–H groups in total. The van der Waals surface area contributed by atoms with Crippen molar-refractivity contribution < 1.29 is 9.59 Å². The molecule has 0 aliphatic carbocycles. The lowest BCUT2D eigenvalue weighted by Crippen LogP contribution is -2.32. The second-order valence-corrected chi connectivity index (χ2v) is 6.77. The number of imidazole rings is 1. The van der Waals surface area contributed by atoms with E-state index in [-0.39, 0.29) is 11.6 Å². The smallest absolute Gasteiger partial charge is 0.321 e. The Labute approximate surface area is 159 Å². The van der Waals surface area contributed by atoms with Crippen molar-refractivity contribution in [1.29, 1.82) is 0 Å². The van der Waals surface area contributed by atoms with Crippen molar-refractivity contribution in [3.8, 4) is 11.4 Å². The number of urea groups is 1. The number of aromatic amines is 1. The van der Waals surface area contributed by atoms with Crippen molar-refractivity contribution >= 4 is 40.4 Å². The minimum Gasteiger partial charge on any atom is -0.366 e. The van der Waals surface area contributed by atoms with Gasteiger partial charge in [0.25, 0.3) is 0 Å². The van der Waals surface area contributed by atoms with Gasteiger partial charge in [-0.25, -0.2) is 14.8 Å². The van der Waals surface area contributed by atoms with E-state index in [4.69, 9.17) is 17.3 Å². The number of benzene rings is 1. The fraction of sp³-hybridized carbons (Fsp3) is 0.222. The number of aromatic nitrogens is 3. The van der Waals surface area contributed by atoms with Gasteiger partial charge in [0.2, 0.25) is 5.91 Å². The third kappa shape index (κ3) is 3.43. The molecular weight excluding hydrogens is 368 g/mol. The number of H-pyrrole nitrogens is 1. The molecular formula is C18H17ClN6O2. The summed E-state index contributed by atoms with van der Waals surface area (Å²) in [6, 6.07) is 6.66. The molecule has 3 amide bonds. The van der Waals surface area contributed by atoms with E-state index in [2.05, 4.69) is 20.3 Å². The molecule has 0 unspecified atom stereocenters. The molecule has 138 valence electrons. The number of fused-ring (bicyclic) bond motifs is 1. The molecule has 9 heteroatoms. The van der Waals surface area contributed by atoms with E-state index in [1.165, 1.54) is 6.20 Å². The van der Waals surface area contributed by atoms with E-state index in [0.717, 1.165) is 25.9 Å². The number of hydrogen-bond acceptors (Lipinski definition) is 4. The molecule has 1 aromatic carbocycles. The number of primary amides is 1. The average Bonchev–Trinajstić information content (AvgIpc) is 3.32. The summed E-state index contributed by atoms with van der Waals surface area (Å²) in [5, 5.41) is 3.36. The molecule has 1 aliphatic rings. The number of hydrogen-bond donors (Lipinski definition) is 3. The summed E-state index contributed by atoms with van der Waals surface area (Å²) in [4.78, 5) is 37.0. The van der Waals surface area contributed by atoms with Crippen LogP contribution in [0.15, 0.2) is 30.5 Å². The van der Waals surface area contributed by atoms with E-state index in [0.29, 0.717) is 33.3 Å². The third-order valence-electron chi connectivity index (χ3n) is 4.49. The maximum absolute atomic E-state index is 12.3. The quantitative estimate of drug-likeness (QED) is 0.643. The van der Waals surface area contributed by atoms with Crippen molar-refractivity contribution in [2.24, 2.45) is 5.73 Å². The summed E-state index contributed by atoms with van der Waals surface area (Å²) in [5.74, 6) is -0.0772. The lowest BCUT2D eigenvalue weighted by atomic mass is 10.2. The van der Waals surface area contributed by atoms with Gasteiger partial charge in [-0.3, -0.25) is 4.79 Å². The van der Waals surface area contributed by atoms with Crippen molar-refractivity contribution in [2.75, 3.05) is 18.4 Å². The number of amides is 3. The largest absolute Gasteiger partial charge is 0.366 e. The number of nitrogens with zero attached hydrogens (tertiary/aromatic N) is 3. The van der Waals surface area contributed by atoms with Gasteiger partial charge in [-0.05, 0) is 37.1 Å². The summed E-state index contributed by atoms with van der Waals surface area (Å²) in [6.07, 6.45) is 3.43. The Morgan fingerprint density at radius 1 is 1.22 bits per heavy atom. The van der Waals surface area contributed by atoms with Gasteiger partial charge < -0.3 is 20.9 Å². The van der Waals surface area contributed by atoms with E-state index >= 15 is 0 Å². The van der Waals surface area contributed by atoms with Crippen LogP contribution in [0.4, 0.5) is 10.5 Å². The molecule has 1 saturated heterocycles. The molecule has 27 heavy (non-hydrogen) atoms. The van der Waals surface area contributed by atoms with Crippen LogP contribution < -0.4 is 11.1 Å². The molecule has 3 aromatic rings. The molecule has 4 rings (SSSR count). The Kier molecular flexibility index (Phi) is 4.41. The van der Waals surface area contributed by atoms with Crippen LogP contribution in [0, 0.1) is 0 Å². The second kappa shape index (κ2) is 6.88. The molecule has 0 radical (unpaired) electrons. The number of halogens is 1. The van der Waals surface area contributed by atoms with Gasteiger partial charge in [-0.2, -0.15) is 0 Å². The normalized spacial score (nSPS) is 13.9. The van der Waals surface area contributed by atoms with Crippen LogP contribution >= 0.6 is 11.6 Å². The first-order valence-corrected chi connectivity index (χ1v) is 8.90. The fourth-order valence-corrected chi connectivity index (χ4v) is 3.28. The molecule has 1 aliphatic heterocycles. The van der Waals surface area contributed by atoms with Crippen LogP contribution in [0.25, 0.3) is 22.6 Å². The highest BCUT2D eigenvalue weighted by Crippen LogP contribution is 2.30. The van der Waals surface area contributed by atoms with Crippen LogP contribution in [-0.4, -0.2) is 44.9 Å². The number of anilines is 1. The van der Waals surface area contributed by atoms with Gasteiger partial charge in [-0.1, -0.05) is 11.6 Å². The van der Waals surface area contributed by atoms with Gasteiger partial charge >= 0.3 is 6.03 Å². The molecule has 2 aromatic heterocycles. The van der Waals surface area contributed by atoms with E-state index < -0.39 is 5.91 Å². The average molecular weight is 385 g/mol. The standard InChI is InChI=1S/C18H17ClN6O2/c19-13-4-3-11(22-18(27)25-5-1-2-6-25)8-12(13)16-23-14-7-10(15(20)26)9-21-17(14)24-16/h3-4,7-9H,1-2,5-6H2,(H2,20,26)(H,22,27)(H,21,23,24). The fourth-order valence-electron chi connectivity index (χ4n) is 3.07. The van der Waals surface area contributed by atoms with E-state index in [9.17, 15) is 9.59 Å². The molecule has 0 spiro atoms. The summed E-state index contributed by atoms with van der Waals surface area (Å²) in [6.45, 7) is 1.54. The van der Waals surface area contributed by atoms with Crippen LogP contribution in [-0.2, 0) is 0 Å². The Morgan fingerprint density at radius 2 is 2.00 bits per heavy atom. The maximum Gasteiger partial charge on any atom is 0.321 e. The summed E-state index contributed by atoms with van der Waals surface area (Å²) < 4.78 is 0. The van der Waals surface area contributed by atoms with Crippen molar-refractivity contribution in [1.82, 2.24) is 19.9 Å². The lowest BCUT2D eigenvalue weighted by molar-refractivity contribution is 0.1000. The first-order valence-electron chi connectivity index (χ1n) is 8.53. The zero-order valence-electron chi connectivity index (χ0n) is 14.3. The SMILES string of the molecule is NC(=O)c1cnc2nc(-c3cc(NC(=O)N4CCCC4)ccc3Cl)[nH]c2c1. The first-order chi connectivity index (χ1) is 13.0. The summed E-state index contributed by atoms with van der Waals surface area (Å²) >= 11 is 6.33. The molecule has 0 atom stereocenters. The topological polar surface area (TPSA) is 117 Å². The molecule has 1 fully saturated rings. The number of pyridine rings is 1. The number of rotatable bonds is 3. The number of nitrogens with one attached hydrogen (secondary N) is 2. The number of nitrogens with two attached hydrogens (primary N) is 1. The number of carbonyl (C=O) groups excluding carboxylic acids is 2. The zero-order valence-corrected chi connectivity index (χ0v) is 15.1. The number of carbonyl (C=O) groups is 2. The maximum atomic E-state index is 12.3. The summed E-state index contributed by atoms with van der Waals surface area (Å²) in [7, 11) is 0. The second-order valence-electron chi connectivity index (χ2n) is 6.36. The molecule has 3 heterocycles. The minimum absolute atomic E-state index is 0.127. The van der Waals surface area contributed by atoms with Gasteiger partial charge in [0, 0.05) is 30.5 Å². The van der Waals surface area contributed by atoms with Crippen molar-refractivity contribution in [2.45, 2.75) is 12.8 Å². The van der Waals surface area contributed by atoms with Gasteiger partial charge in [0.15, 0.2) is 5.65 Å². The van der Waals surface area contributed by atoms with Crippen LogP contribution in [0.5, 0.6) is 0 Å². The predicted octanol–water partition coefficient (Wildman–Crippen LogP) is 3.00. The van der Waals surface area contributed by atoms with Gasteiger partial charge in [0.1, 0.15) is 5.82 Å². The molecule has 0 bridgehead atoms. The Bertz CT molecular complexity index is 1040. The third-order valence-corrected chi connectivity index (χ3v) is 4.82. The summed E-state index contributed by atoms with van der Waals surface area (Å²) in [5.41, 5.74) is 7.83. The van der Waals surface area contributed by atoms with Crippen LogP contribution in [0.1, 0.15) is 23.2 Å². The Morgan fingerprint density at radius 3 is 2.74 bits per heavy atom. The number of likely N-dealkylation sites (tertiary alicyclic amines) is 1. The van der Waals surface area contributed by atoms with Gasteiger partial charge in [0.05, 0.1) is 16.1 Å². The highest BCUT2D eigenvalue weighted by atomic mass is 35.5. The van der Waals surface area contributed by atoms with Gasteiger partial charge in [-0.15, -0.1) is 0 Å². The van der Waals surface area contributed by atoms with E-state index in [1.54, 1.807) is 29.2 Å². The first kappa shape index (κ1) is 17.3. The Hall–Kier alpha value is -3.13. The highest BCUT2D eigenvalue weighted by Gasteiger charge is 2.19. The van der Waals surface area contributed by atoms with Crippen molar-refractivity contribution in [3.05, 3.63) is 41.0 Å². The monoisotopic (exact) mass is 384 g/mol. The highest BCUT2D eigenvalue weighted by molar-refractivity contribution is 6.33. The minimum atomic E-state index is -0.565. The zero-order chi connectivity index (χ0) is 19.0. The Balaban J connectivity index is 1.65. The van der Waals surface area contributed by atoms with Crippen molar-refractivity contribution in [3.63, 3.8) is 0 Å². The predicted molar refractivity (Wildman–Crippen MR) is 103 cm³/mol. The van der Waals surface area contributed by atoms with E-state index in [1.807, 2.05) is 0 Å². The van der Waals surface area contributed by atoms with Crippen LogP contribution in [0.2, 0.25) is 5.02 Å².